The molecule has 3 aromatic rings. The Labute approximate surface area is 137 Å². The van der Waals surface area contributed by atoms with E-state index in [1.54, 1.807) is 4.68 Å². The third-order valence-electron chi connectivity index (χ3n) is 3.18. The first kappa shape index (κ1) is 14.5. The predicted molar refractivity (Wildman–Crippen MR) is 90.7 cm³/mol. The van der Waals surface area contributed by atoms with Crippen LogP contribution in [0.15, 0.2) is 65.3 Å². The quantitative estimate of drug-likeness (QED) is 0.718. The maximum atomic E-state index is 4.06. The second-order valence-electron chi connectivity index (χ2n) is 4.69. The fourth-order valence-electron chi connectivity index (χ4n) is 1.99. The third-order valence-corrected chi connectivity index (χ3v) is 3.70. The first-order valence-corrected chi connectivity index (χ1v) is 7.54. The molecule has 3 rings (SSSR count). The zero-order valence-corrected chi connectivity index (χ0v) is 13.6. The molecule has 0 N–H and O–H groups in total. The number of benzene rings is 2. The molecule has 1 heterocycles. The average Bonchev–Trinajstić information content (AvgIpc) is 3.02. The van der Waals surface area contributed by atoms with Crippen LogP contribution in [-0.2, 0) is 0 Å². The van der Waals surface area contributed by atoms with Crippen LogP contribution in [0.25, 0.3) is 11.8 Å². The second-order valence-corrected chi connectivity index (χ2v) is 5.60. The standard InChI is InChI=1S/C16H14BrN5/c1-21(14-5-3-2-4-6-14)12-11-16-18-19-20-22(16)15-9-7-13(17)8-10-15/h2-12H,1H3. The van der Waals surface area contributed by atoms with Gasteiger partial charge in [-0.05, 0) is 46.8 Å². The zero-order chi connectivity index (χ0) is 15.4. The van der Waals surface area contributed by atoms with Crippen LogP contribution in [0.5, 0.6) is 0 Å². The van der Waals surface area contributed by atoms with Crippen molar-refractivity contribution in [2.24, 2.45) is 0 Å². The first-order chi connectivity index (χ1) is 10.7. The third kappa shape index (κ3) is 3.23. The lowest BCUT2D eigenvalue weighted by atomic mass is 10.3. The summed E-state index contributed by atoms with van der Waals surface area (Å²) in [5.41, 5.74) is 2.01. The van der Waals surface area contributed by atoms with Gasteiger partial charge in [0.1, 0.15) is 0 Å². The Morgan fingerprint density at radius 1 is 1.05 bits per heavy atom. The highest BCUT2D eigenvalue weighted by molar-refractivity contribution is 9.10. The van der Waals surface area contributed by atoms with E-state index in [9.17, 15) is 0 Å². The minimum absolute atomic E-state index is 0.671. The summed E-state index contributed by atoms with van der Waals surface area (Å²) in [6.07, 6.45) is 3.82. The van der Waals surface area contributed by atoms with Crippen LogP contribution in [0.4, 0.5) is 5.69 Å². The number of hydrogen-bond acceptors (Lipinski definition) is 4. The number of hydrogen-bond donors (Lipinski definition) is 0. The van der Waals surface area contributed by atoms with E-state index in [1.165, 1.54) is 0 Å². The Kier molecular flexibility index (Phi) is 4.29. The van der Waals surface area contributed by atoms with Gasteiger partial charge in [0.15, 0.2) is 5.82 Å². The predicted octanol–water partition coefficient (Wildman–Crippen LogP) is 3.53. The molecule has 0 saturated heterocycles. The molecule has 0 aliphatic rings. The Morgan fingerprint density at radius 3 is 2.50 bits per heavy atom. The van der Waals surface area contributed by atoms with Gasteiger partial charge in [-0.3, -0.25) is 0 Å². The van der Waals surface area contributed by atoms with Gasteiger partial charge in [-0.25, -0.2) is 0 Å². The van der Waals surface area contributed by atoms with Crippen molar-refractivity contribution in [1.82, 2.24) is 20.2 Å². The van der Waals surface area contributed by atoms with Gasteiger partial charge in [0, 0.05) is 29.5 Å². The molecular weight excluding hydrogens is 342 g/mol. The lowest BCUT2D eigenvalue weighted by Crippen LogP contribution is -2.08. The van der Waals surface area contributed by atoms with Crippen molar-refractivity contribution < 1.29 is 0 Å². The highest BCUT2D eigenvalue weighted by Gasteiger charge is 2.05. The van der Waals surface area contributed by atoms with Crippen LogP contribution in [0.1, 0.15) is 5.82 Å². The fourth-order valence-corrected chi connectivity index (χ4v) is 2.26. The van der Waals surface area contributed by atoms with Crippen molar-refractivity contribution in [3.8, 4) is 5.69 Å². The van der Waals surface area contributed by atoms with Crippen molar-refractivity contribution in [3.05, 3.63) is 71.1 Å². The van der Waals surface area contributed by atoms with Crippen molar-refractivity contribution in [1.29, 1.82) is 0 Å². The monoisotopic (exact) mass is 355 g/mol. The molecule has 0 spiro atoms. The van der Waals surface area contributed by atoms with Crippen LogP contribution < -0.4 is 4.90 Å². The van der Waals surface area contributed by atoms with Crippen molar-refractivity contribution in [2.75, 3.05) is 11.9 Å². The number of nitrogens with zero attached hydrogens (tertiary/aromatic N) is 5. The van der Waals surface area contributed by atoms with Crippen LogP contribution in [0.2, 0.25) is 0 Å². The Balaban J connectivity index is 1.83. The summed E-state index contributed by atoms with van der Waals surface area (Å²) < 4.78 is 2.71. The summed E-state index contributed by atoms with van der Waals surface area (Å²) in [6.45, 7) is 0. The average molecular weight is 356 g/mol. The molecule has 5 nitrogen and oxygen atoms in total. The topological polar surface area (TPSA) is 46.8 Å². The van der Waals surface area contributed by atoms with Gasteiger partial charge >= 0.3 is 0 Å². The molecule has 0 amide bonds. The summed E-state index contributed by atoms with van der Waals surface area (Å²) in [7, 11) is 1.99. The summed E-state index contributed by atoms with van der Waals surface area (Å²) in [4.78, 5) is 2.01. The van der Waals surface area contributed by atoms with Crippen LogP contribution in [0.3, 0.4) is 0 Å². The number of anilines is 1. The second kappa shape index (κ2) is 6.53. The number of aromatic nitrogens is 4. The van der Waals surface area contributed by atoms with E-state index in [4.69, 9.17) is 0 Å². The van der Waals surface area contributed by atoms with Crippen molar-refractivity contribution in [3.63, 3.8) is 0 Å². The number of tetrazole rings is 1. The Bertz CT molecular complexity index is 765. The van der Waals surface area contributed by atoms with Crippen LogP contribution in [0, 0.1) is 0 Å². The van der Waals surface area contributed by atoms with Gasteiger partial charge in [0.05, 0.1) is 5.69 Å². The van der Waals surface area contributed by atoms with Gasteiger partial charge in [0.25, 0.3) is 0 Å². The van der Waals surface area contributed by atoms with Crippen molar-refractivity contribution in [2.45, 2.75) is 0 Å². The molecule has 0 atom stereocenters. The number of rotatable bonds is 4. The normalized spacial score (nSPS) is 11.0. The number of halogens is 1. The van der Waals surface area contributed by atoms with Gasteiger partial charge in [-0.15, -0.1) is 5.10 Å². The molecule has 0 aliphatic heterocycles. The molecule has 0 radical (unpaired) electrons. The molecule has 0 aliphatic carbocycles. The SMILES string of the molecule is CN(C=Cc1nnnn1-c1ccc(Br)cc1)c1ccccc1. The molecule has 6 heteroatoms. The molecule has 2 aromatic carbocycles. The van der Waals surface area contributed by atoms with E-state index >= 15 is 0 Å². The molecule has 0 unspecified atom stereocenters. The lowest BCUT2D eigenvalue weighted by Gasteiger charge is -2.13. The summed E-state index contributed by atoms with van der Waals surface area (Å²) in [5.74, 6) is 0.671. The summed E-state index contributed by atoms with van der Waals surface area (Å²) in [5, 5.41) is 11.8. The van der Waals surface area contributed by atoms with Gasteiger partial charge in [0.2, 0.25) is 0 Å². The largest absolute Gasteiger partial charge is 0.351 e. The van der Waals surface area contributed by atoms with E-state index < -0.39 is 0 Å². The van der Waals surface area contributed by atoms with E-state index in [-0.39, 0.29) is 0 Å². The highest BCUT2D eigenvalue weighted by Crippen LogP contribution is 2.15. The van der Waals surface area contributed by atoms with E-state index in [0.717, 1.165) is 15.8 Å². The Morgan fingerprint density at radius 2 is 1.77 bits per heavy atom. The van der Waals surface area contributed by atoms with Gasteiger partial charge in [-0.1, -0.05) is 34.1 Å². The molecule has 110 valence electrons. The van der Waals surface area contributed by atoms with Crippen LogP contribution in [-0.4, -0.2) is 27.3 Å². The molecule has 0 saturated carbocycles. The summed E-state index contributed by atoms with van der Waals surface area (Å²) in [6, 6.07) is 17.9. The van der Waals surface area contributed by atoms with Gasteiger partial charge < -0.3 is 4.90 Å². The van der Waals surface area contributed by atoms with E-state index in [1.807, 2.05) is 78.8 Å². The van der Waals surface area contributed by atoms with E-state index in [2.05, 4.69) is 31.5 Å². The lowest BCUT2D eigenvalue weighted by molar-refractivity contribution is 0.786. The molecule has 0 bridgehead atoms. The smallest absolute Gasteiger partial charge is 0.181 e. The minimum Gasteiger partial charge on any atom is -0.351 e. The van der Waals surface area contributed by atoms with Crippen molar-refractivity contribution >= 4 is 27.7 Å². The minimum atomic E-state index is 0.671. The fraction of sp³-hybridized carbons (Fsp3) is 0.0625. The summed E-state index contributed by atoms with van der Waals surface area (Å²) >= 11 is 3.42. The zero-order valence-electron chi connectivity index (χ0n) is 12.0. The molecule has 1 aromatic heterocycles. The Hall–Kier alpha value is -2.47. The van der Waals surface area contributed by atoms with Gasteiger partial charge in [-0.2, -0.15) is 4.68 Å². The van der Waals surface area contributed by atoms with E-state index in [0.29, 0.717) is 5.82 Å². The molecule has 22 heavy (non-hydrogen) atoms. The number of para-hydroxylation sites is 1. The highest BCUT2D eigenvalue weighted by atomic mass is 79.9. The maximum absolute atomic E-state index is 4.06. The maximum Gasteiger partial charge on any atom is 0.181 e. The van der Waals surface area contributed by atoms with Crippen LogP contribution >= 0.6 is 15.9 Å². The molecular formula is C16H14BrN5. The molecule has 0 fully saturated rings. The first-order valence-electron chi connectivity index (χ1n) is 6.74.